The van der Waals surface area contributed by atoms with Crippen LogP contribution < -0.4 is 11.1 Å². The van der Waals surface area contributed by atoms with Crippen molar-refractivity contribution < 1.29 is 9.59 Å². The summed E-state index contributed by atoms with van der Waals surface area (Å²) < 4.78 is 0. The number of anilines is 1. The molecule has 0 aliphatic heterocycles. The second-order valence-corrected chi connectivity index (χ2v) is 6.67. The van der Waals surface area contributed by atoms with E-state index in [-0.39, 0.29) is 30.8 Å². The number of amides is 2. The van der Waals surface area contributed by atoms with Crippen molar-refractivity contribution >= 4 is 29.9 Å². The minimum absolute atomic E-state index is 0. The number of halogens is 1. The number of carbonyl (C=O) groups is 2. The van der Waals surface area contributed by atoms with Crippen molar-refractivity contribution in [1.82, 2.24) is 4.90 Å². The standard InChI is InChI=1S/C19H31N3O2.ClH/c1-7-19(8-2,12-20)18(24)22(6)11-16(23)21-17-14(4)9-13(3)10-15(17)5;/h9-10H,7-8,11-12,20H2,1-6H3,(H,21,23);1H. The maximum Gasteiger partial charge on any atom is 0.243 e. The van der Waals surface area contributed by atoms with E-state index in [0.717, 1.165) is 22.4 Å². The highest BCUT2D eigenvalue weighted by Gasteiger charge is 2.36. The number of nitrogens with two attached hydrogens (primary N) is 1. The fraction of sp³-hybridized carbons (Fsp3) is 0.579. The molecule has 6 heteroatoms. The van der Waals surface area contributed by atoms with Crippen molar-refractivity contribution in [1.29, 1.82) is 0 Å². The summed E-state index contributed by atoms with van der Waals surface area (Å²) in [6.07, 6.45) is 1.34. The van der Waals surface area contributed by atoms with Gasteiger partial charge < -0.3 is 16.0 Å². The van der Waals surface area contributed by atoms with E-state index < -0.39 is 5.41 Å². The van der Waals surface area contributed by atoms with Gasteiger partial charge in [-0.2, -0.15) is 0 Å². The molecule has 0 heterocycles. The van der Waals surface area contributed by atoms with Gasteiger partial charge in [0.05, 0.1) is 12.0 Å². The van der Waals surface area contributed by atoms with Crippen LogP contribution in [0.1, 0.15) is 43.4 Å². The van der Waals surface area contributed by atoms with Crippen LogP contribution in [0.25, 0.3) is 0 Å². The topological polar surface area (TPSA) is 75.4 Å². The van der Waals surface area contributed by atoms with Crippen LogP contribution in [0.3, 0.4) is 0 Å². The quantitative estimate of drug-likeness (QED) is 0.774. The zero-order valence-electron chi connectivity index (χ0n) is 16.2. The molecule has 0 bridgehead atoms. The lowest BCUT2D eigenvalue weighted by Gasteiger charge is -2.33. The third-order valence-electron chi connectivity index (χ3n) is 4.87. The highest BCUT2D eigenvalue weighted by Crippen LogP contribution is 2.27. The first-order valence-corrected chi connectivity index (χ1v) is 8.54. The molecule has 1 aromatic rings. The number of likely N-dealkylation sites (N-methyl/N-ethyl adjacent to an activating group) is 1. The van der Waals surface area contributed by atoms with Gasteiger partial charge in [-0.25, -0.2) is 0 Å². The third-order valence-corrected chi connectivity index (χ3v) is 4.87. The van der Waals surface area contributed by atoms with Crippen LogP contribution in [0, 0.1) is 26.2 Å². The number of benzene rings is 1. The Kier molecular flexibility index (Phi) is 9.16. The van der Waals surface area contributed by atoms with E-state index in [2.05, 4.69) is 5.32 Å². The Bertz CT molecular complexity index is 581. The van der Waals surface area contributed by atoms with Gasteiger partial charge >= 0.3 is 0 Å². The summed E-state index contributed by atoms with van der Waals surface area (Å²) >= 11 is 0. The number of aryl methyl sites for hydroxylation is 3. The summed E-state index contributed by atoms with van der Waals surface area (Å²) in [5.74, 6) is -0.262. The molecule has 0 aliphatic carbocycles. The van der Waals surface area contributed by atoms with E-state index in [9.17, 15) is 9.59 Å². The van der Waals surface area contributed by atoms with Crippen LogP contribution in [0.5, 0.6) is 0 Å². The van der Waals surface area contributed by atoms with Gasteiger partial charge in [0.15, 0.2) is 0 Å². The SMILES string of the molecule is CCC(CC)(CN)C(=O)N(C)CC(=O)Nc1c(C)cc(C)cc1C.Cl. The Labute approximate surface area is 157 Å². The summed E-state index contributed by atoms with van der Waals surface area (Å²) in [5, 5.41) is 2.93. The highest BCUT2D eigenvalue weighted by molar-refractivity contribution is 5.96. The van der Waals surface area contributed by atoms with Crippen LogP contribution in [0.2, 0.25) is 0 Å². The molecule has 0 atom stereocenters. The molecule has 1 aromatic carbocycles. The Morgan fingerprint density at radius 2 is 1.60 bits per heavy atom. The van der Waals surface area contributed by atoms with Gasteiger partial charge in [0, 0.05) is 19.3 Å². The van der Waals surface area contributed by atoms with Gasteiger partial charge in [-0.05, 0) is 44.7 Å². The van der Waals surface area contributed by atoms with E-state index in [1.165, 1.54) is 4.90 Å². The Balaban J connectivity index is 0.00000576. The average molecular weight is 370 g/mol. The second-order valence-electron chi connectivity index (χ2n) is 6.67. The monoisotopic (exact) mass is 369 g/mol. The average Bonchev–Trinajstić information content (AvgIpc) is 2.52. The van der Waals surface area contributed by atoms with Crippen LogP contribution in [-0.4, -0.2) is 36.9 Å². The number of hydrogen-bond donors (Lipinski definition) is 2. The van der Waals surface area contributed by atoms with Gasteiger partial charge in [0.1, 0.15) is 0 Å². The first-order chi connectivity index (χ1) is 11.2. The molecule has 0 fully saturated rings. The van der Waals surface area contributed by atoms with E-state index in [1.54, 1.807) is 7.05 Å². The fourth-order valence-corrected chi connectivity index (χ4v) is 3.18. The molecule has 0 saturated carbocycles. The fourth-order valence-electron chi connectivity index (χ4n) is 3.18. The van der Waals surface area contributed by atoms with Crippen LogP contribution in [-0.2, 0) is 9.59 Å². The van der Waals surface area contributed by atoms with E-state index in [4.69, 9.17) is 5.73 Å². The molecule has 142 valence electrons. The molecule has 0 radical (unpaired) electrons. The maximum atomic E-state index is 12.7. The molecular formula is C19H32ClN3O2. The highest BCUT2D eigenvalue weighted by atomic mass is 35.5. The molecule has 25 heavy (non-hydrogen) atoms. The minimum atomic E-state index is -0.579. The third kappa shape index (κ3) is 5.44. The molecule has 0 unspecified atom stereocenters. The van der Waals surface area contributed by atoms with Crippen molar-refractivity contribution in [3.8, 4) is 0 Å². The molecule has 1 rings (SSSR count). The van der Waals surface area contributed by atoms with Crippen molar-refractivity contribution in [2.24, 2.45) is 11.1 Å². The maximum absolute atomic E-state index is 12.7. The smallest absolute Gasteiger partial charge is 0.243 e. The number of carbonyl (C=O) groups excluding carboxylic acids is 2. The molecular weight excluding hydrogens is 338 g/mol. The molecule has 3 N–H and O–H groups in total. The van der Waals surface area contributed by atoms with Crippen molar-refractivity contribution in [3.63, 3.8) is 0 Å². The van der Waals surface area contributed by atoms with Crippen LogP contribution in [0.4, 0.5) is 5.69 Å². The zero-order chi connectivity index (χ0) is 18.5. The molecule has 0 aliphatic rings. The number of nitrogens with zero attached hydrogens (tertiary/aromatic N) is 1. The minimum Gasteiger partial charge on any atom is -0.336 e. The van der Waals surface area contributed by atoms with Crippen molar-refractivity contribution in [2.75, 3.05) is 25.5 Å². The lowest BCUT2D eigenvalue weighted by Crippen LogP contribution is -2.48. The van der Waals surface area contributed by atoms with Gasteiger partial charge in [-0.1, -0.05) is 31.5 Å². The summed E-state index contributed by atoms with van der Waals surface area (Å²) in [4.78, 5) is 26.5. The van der Waals surface area contributed by atoms with Crippen molar-refractivity contribution in [2.45, 2.75) is 47.5 Å². The predicted molar refractivity (Wildman–Crippen MR) is 106 cm³/mol. The normalized spacial score (nSPS) is 10.8. The Hall–Kier alpha value is -1.59. The van der Waals surface area contributed by atoms with E-state index in [1.807, 2.05) is 46.8 Å². The molecule has 0 spiro atoms. The summed E-state index contributed by atoms with van der Waals surface area (Å²) in [6.45, 7) is 10.2. The molecule has 5 nitrogen and oxygen atoms in total. The van der Waals surface area contributed by atoms with Gasteiger partial charge in [-0.3, -0.25) is 9.59 Å². The van der Waals surface area contributed by atoms with E-state index in [0.29, 0.717) is 19.4 Å². The largest absolute Gasteiger partial charge is 0.336 e. The lowest BCUT2D eigenvalue weighted by molar-refractivity contribution is -0.142. The van der Waals surface area contributed by atoms with Gasteiger partial charge in [0.25, 0.3) is 0 Å². The Morgan fingerprint density at radius 3 is 2.00 bits per heavy atom. The van der Waals surface area contributed by atoms with Crippen LogP contribution >= 0.6 is 12.4 Å². The van der Waals surface area contributed by atoms with Crippen molar-refractivity contribution in [3.05, 3.63) is 28.8 Å². The lowest BCUT2D eigenvalue weighted by atomic mass is 9.81. The molecule has 0 aromatic heterocycles. The summed E-state index contributed by atoms with van der Waals surface area (Å²) in [6, 6.07) is 4.07. The first-order valence-electron chi connectivity index (χ1n) is 8.54. The van der Waals surface area contributed by atoms with E-state index >= 15 is 0 Å². The summed E-state index contributed by atoms with van der Waals surface area (Å²) in [5.41, 5.74) is 9.27. The van der Waals surface area contributed by atoms with Crippen LogP contribution in [0.15, 0.2) is 12.1 Å². The molecule has 2 amide bonds. The zero-order valence-corrected chi connectivity index (χ0v) is 17.0. The predicted octanol–water partition coefficient (Wildman–Crippen LogP) is 3.20. The Morgan fingerprint density at radius 1 is 1.12 bits per heavy atom. The first kappa shape index (κ1) is 23.4. The number of hydrogen-bond acceptors (Lipinski definition) is 3. The molecule has 0 saturated heterocycles. The summed E-state index contributed by atoms with van der Waals surface area (Å²) in [7, 11) is 1.66. The number of rotatable bonds is 7. The van der Waals surface area contributed by atoms with Gasteiger partial charge in [0.2, 0.25) is 11.8 Å². The van der Waals surface area contributed by atoms with Gasteiger partial charge in [-0.15, -0.1) is 12.4 Å². The second kappa shape index (κ2) is 9.78. The number of nitrogens with one attached hydrogen (secondary N) is 1.